The van der Waals surface area contributed by atoms with Crippen molar-refractivity contribution >= 4 is 12.4 Å². The van der Waals surface area contributed by atoms with Gasteiger partial charge in [0.2, 0.25) is 0 Å². The molecular weight excluding hydrogens is 362 g/mol. The molecule has 1 saturated heterocycles. The highest BCUT2D eigenvalue weighted by atomic mass is 35.5. The van der Waals surface area contributed by atoms with Crippen LogP contribution >= 0.6 is 12.4 Å². The maximum absolute atomic E-state index is 10.2. The van der Waals surface area contributed by atoms with Crippen molar-refractivity contribution in [3.05, 3.63) is 0 Å². The Balaban J connectivity index is 0.00000625. The van der Waals surface area contributed by atoms with Gasteiger partial charge in [0, 0.05) is 6.61 Å². The van der Waals surface area contributed by atoms with E-state index in [0.717, 1.165) is 44.9 Å². The highest BCUT2D eigenvalue weighted by molar-refractivity contribution is 5.85. The average molecular weight is 400 g/mol. The molecule has 0 saturated carbocycles. The van der Waals surface area contributed by atoms with E-state index in [0.29, 0.717) is 19.3 Å². The standard InChI is InChI=1S/C18H37NO6.ClH/c20-11-7-9-13(22)8-5-3-1-2-4-6-10-15(23)16-18(25)17(24)14(12-21)19-16;/h13-25H,1-12H2;1H/t13-,14+,15+,16+,17+,18+;/m0./s1. The highest BCUT2D eigenvalue weighted by Gasteiger charge is 2.43. The topological polar surface area (TPSA) is 133 Å². The normalized spacial score (nSPS) is 27.9. The maximum atomic E-state index is 10.2. The van der Waals surface area contributed by atoms with Crippen molar-refractivity contribution in [3.63, 3.8) is 0 Å². The average Bonchev–Trinajstić information content (AvgIpc) is 2.90. The third kappa shape index (κ3) is 9.28. The number of unbranched alkanes of at least 4 members (excludes halogenated alkanes) is 5. The van der Waals surface area contributed by atoms with E-state index in [1.54, 1.807) is 0 Å². The number of aliphatic hydroxyl groups is 6. The first-order valence-corrected chi connectivity index (χ1v) is 9.71. The van der Waals surface area contributed by atoms with E-state index in [-0.39, 0.29) is 31.7 Å². The van der Waals surface area contributed by atoms with Crippen LogP contribution in [0.2, 0.25) is 0 Å². The molecular formula is C18H38ClNO6. The smallest absolute Gasteiger partial charge is 0.0993 e. The summed E-state index contributed by atoms with van der Waals surface area (Å²) in [4.78, 5) is 0. The second kappa shape index (κ2) is 15.0. The Hall–Kier alpha value is 0.01000. The largest absolute Gasteiger partial charge is 0.396 e. The molecule has 1 aliphatic rings. The second-order valence-electron chi connectivity index (χ2n) is 7.25. The van der Waals surface area contributed by atoms with E-state index in [9.17, 15) is 20.4 Å². The lowest BCUT2D eigenvalue weighted by molar-refractivity contribution is -0.00443. The van der Waals surface area contributed by atoms with Crippen LogP contribution in [0.4, 0.5) is 0 Å². The molecule has 7 nitrogen and oxygen atoms in total. The first kappa shape index (κ1) is 26.0. The molecule has 158 valence electrons. The van der Waals surface area contributed by atoms with E-state index in [4.69, 9.17) is 10.2 Å². The summed E-state index contributed by atoms with van der Waals surface area (Å²) in [5.41, 5.74) is 0. The summed E-state index contributed by atoms with van der Waals surface area (Å²) in [7, 11) is 0. The molecule has 0 aromatic carbocycles. The summed E-state index contributed by atoms with van der Waals surface area (Å²) >= 11 is 0. The first-order valence-electron chi connectivity index (χ1n) is 9.71. The Morgan fingerprint density at radius 1 is 0.731 bits per heavy atom. The number of halogens is 1. The lowest BCUT2D eigenvalue weighted by atomic mass is 9.98. The second-order valence-corrected chi connectivity index (χ2v) is 7.25. The molecule has 1 fully saturated rings. The van der Waals surface area contributed by atoms with Gasteiger partial charge in [-0.05, 0) is 25.7 Å². The van der Waals surface area contributed by atoms with Crippen molar-refractivity contribution in [3.8, 4) is 0 Å². The van der Waals surface area contributed by atoms with Crippen LogP contribution in [-0.2, 0) is 0 Å². The van der Waals surface area contributed by atoms with Gasteiger partial charge in [-0.2, -0.15) is 0 Å². The molecule has 0 aromatic rings. The van der Waals surface area contributed by atoms with Gasteiger partial charge in [0.25, 0.3) is 0 Å². The van der Waals surface area contributed by atoms with Gasteiger partial charge in [0.05, 0.1) is 43.1 Å². The Bertz CT molecular complexity index is 339. The molecule has 0 amide bonds. The van der Waals surface area contributed by atoms with E-state index < -0.39 is 30.4 Å². The van der Waals surface area contributed by atoms with Crippen molar-refractivity contribution in [2.75, 3.05) is 13.2 Å². The van der Waals surface area contributed by atoms with E-state index >= 15 is 0 Å². The van der Waals surface area contributed by atoms with Gasteiger partial charge < -0.3 is 36.0 Å². The van der Waals surface area contributed by atoms with Crippen molar-refractivity contribution in [2.24, 2.45) is 0 Å². The fraction of sp³-hybridized carbons (Fsp3) is 1.00. The zero-order valence-corrected chi connectivity index (χ0v) is 16.4. The molecule has 8 heteroatoms. The van der Waals surface area contributed by atoms with Gasteiger partial charge in [-0.1, -0.05) is 38.5 Å². The Morgan fingerprint density at radius 3 is 1.81 bits per heavy atom. The van der Waals surface area contributed by atoms with E-state index in [1.165, 1.54) is 0 Å². The Kier molecular flexibility index (Phi) is 15.0. The molecule has 6 atom stereocenters. The molecule has 0 unspecified atom stereocenters. The minimum Gasteiger partial charge on any atom is -0.396 e. The number of hydrogen-bond acceptors (Lipinski definition) is 7. The van der Waals surface area contributed by atoms with Crippen LogP contribution in [-0.4, -0.2) is 80.4 Å². The van der Waals surface area contributed by atoms with Gasteiger partial charge in [0.1, 0.15) is 0 Å². The van der Waals surface area contributed by atoms with Crippen LogP contribution in [0, 0.1) is 0 Å². The van der Waals surface area contributed by atoms with Crippen molar-refractivity contribution in [1.29, 1.82) is 0 Å². The lowest BCUT2D eigenvalue weighted by Crippen LogP contribution is -2.44. The predicted molar refractivity (Wildman–Crippen MR) is 102 cm³/mol. The van der Waals surface area contributed by atoms with Crippen LogP contribution in [0.25, 0.3) is 0 Å². The van der Waals surface area contributed by atoms with Gasteiger partial charge in [-0.25, -0.2) is 0 Å². The molecule has 0 aliphatic carbocycles. The first-order chi connectivity index (χ1) is 12.0. The van der Waals surface area contributed by atoms with Crippen LogP contribution in [0.15, 0.2) is 0 Å². The minimum atomic E-state index is -1.05. The van der Waals surface area contributed by atoms with Gasteiger partial charge >= 0.3 is 0 Å². The van der Waals surface area contributed by atoms with Crippen molar-refractivity contribution in [1.82, 2.24) is 5.32 Å². The number of rotatable bonds is 14. The van der Waals surface area contributed by atoms with Crippen LogP contribution < -0.4 is 5.32 Å². The summed E-state index contributed by atoms with van der Waals surface area (Å²) < 4.78 is 0. The van der Waals surface area contributed by atoms with Gasteiger partial charge in [-0.15, -0.1) is 12.4 Å². The zero-order chi connectivity index (χ0) is 18.7. The summed E-state index contributed by atoms with van der Waals surface area (Å²) in [5.74, 6) is 0. The summed E-state index contributed by atoms with van der Waals surface area (Å²) in [6.45, 7) is -0.133. The molecule has 0 aromatic heterocycles. The highest BCUT2D eigenvalue weighted by Crippen LogP contribution is 2.20. The van der Waals surface area contributed by atoms with E-state index in [1.807, 2.05) is 0 Å². The van der Waals surface area contributed by atoms with Crippen molar-refractivity contribution < 1.29 is 30.6 Å². The van der Waals surface area contributed by atoms with Crippen molar-refractivity contribution in [2.45, 2.75) is 101 Å². The van der Waals surface area contributed by atoms with Gasteiger partial charge in [0.15, 0.2) is 0 Å². The molecule has 1 aliphatic heterocycles. The third-order valence-corrected chi connectivity index (χ3v) is 5.13. The number of hydrogen-bond donors (Lipinski definition) is 7. The lowest BCUT2D eigenvalue weighted by Gasteiger charge is -2.22. The quantitative estimate of drug-likeness (QED) is 0.206. The molecule has 7 N–H and O–H groups in total. The Labute approximate surface area is 162 Å². The summed E-state index contributed by atoms with van der Waals surface area (Å²) in [6, 6.07) is -1.17. The monoisotopic (exact) mass is 399 g/mol. The fourth-order valence-electron chi connectivity index (χ4n) is 3.49. The maximum Gasteiger partial charge on any atom is 0.0993 e. The SMILES string of the molecule is Cl.OCCC[C@@H](O)CCCCCCCC[C@@H](O)[C@H]1N[C@H](CO)[C@@H](O)[C@@H]1O. The fourth-order valence-corrected chi connectivity index (χ4v) is 3.49. The molecule has 0 spiro atoms. The number of nitrogens with one attached hydrogen (secondary N) is 1. The third-order valence-electron chi connectivity index (χ3n) is 5.13. The number of aliphatic hydroxyl groups excluding tert-OH is 6. The van der Waals surface area contributed by atoms with Crippen LogP contribution in [0.3, 0.4) is 0 Å². The molecule has 1 rings (SSSR count). The summed E-state index contributed by atoms with van der Waals surface area (Å²) in [5, 5.41) is 60.2. The predicted octanol–water partition coefficient (Wildman–Crippen LogP) is 0.0778. The zero-order valence-electron chi connectivity index (χ0n) is 15.5. The summed E-state index contributed by atoms with van der Waals surface area (Å²) in [6.07, 6.45) is 5.63. The molecule has 0 bridgehead atoms. The minimum absolute atomic E-state index is 0. The van der Waals surface area contributed by atoms with Gasteiger partial charge in [-0.3, -0.25) is 0 Å². The molecule has 26 heavy (non-hydrogen) atoms. The Morgan fingerprint density at radius 2 is 1.27 bits per heavy atom. The molecule has 1 heterocycles. The van der Waals surface area contributed by atoms with Crippen LogP contribution in [0.5, 0.6) is 0 Å². The molecule has 0 radical (unpaired) electrons. The van der Waals surface area contributed by atoms with Crippen LogP contribution in [0.1, 0.15) is 64.2 Å². The van der Waals surface area contributed by atoms with E-state index in [2.05, 4.69) is 5.32 Å².